The van der Waals surface area contributed by atoms with Crippen molar-refractivity contribution in [3.8, 4) is 0 Å². The minimum atomic E-state index is -0.787. The molecular weight excluding hydrogens is 815 g/mol. The predicted octanol–water partition coefficient (Wildman–Crippen LogP) is 18.5. The number of hydrogen-bond donors (Lipinski definition) is 3. The molecule has 1 amide bonds. The number of nitrogens with one attached hydrogen (secondary N) is 1. The van der Waals surface area contributed by atoms with E-state index in [1.165, 1.54) is 231 Å². The van der Waals surface area contributed by atoms with E-state index >= 15 is 0 Å². The topological polar surface area (TPSA) is 95.9 Å². The van der Waals surface area contributed by atoms with Crippen LogP contribution in [0.15, 0.2) is 12.2 Å². The number of allylic oxidation sites excluding steroid dienone is 2. The van der Waals surface area contributed by atoms with Crippen LogP contribution in [-0.2, 0) is 14.3 Å². The highest BCUT2D eigenvalue weighted by Gasteiger charge is 2.24. The Hall–Kier alpha value is -1.40. The van der Waals surface area contributed by atoms with E-state index in [-0.39, 0.29) is 24.9 Å². The standard InChI is InChI=1S/C60H117NO5/c1-4-7-10-13-16-19-22-25-28-31-33-36-39-42-45-48-51-56(66-60(65)53-50-47-44-41-38-35-32-29-26-23-20-17-14-11-8-5-2)54-59(64)61-57(55-62)58(63)52-49-46-43-40-37-34-30-27-24-21-18-15-12-9-6-3/h33,36,56-58,62-63H,4-32,34-35,37-55H2,1-3H3,(H,61,64)/b36-33+. The summed E-state index contributed by atoms with van der Waals surface area (Å²) >= 11 is 0. The second kappa shape index (κ2) is 54.5. The van der Waals surface area contributed by atoms with Crippen molar-refractivity contribution in [1.29, 1.82) is 0 Å². The van der Waals surface area contributed by atoms with E-state index in [4.69, 9.17) is 4.74 Å². The zero-order chi connectivity index (χ0) is 48.1. The fourth-order valence-electron chi connectivity index (χ4n) is 9.55. The van der Waals surface area contributed by atoms with Gasteiger partial charge in [-0.25, -0.2) is 0 Å². The SMILES string of the molecule is CCCCCCCCCCC/C=C/CCCCCC(CC(=O)NC(CO)C(O)CCCCCCCCCCCCCCCCC)OC(=O)CCCCCCCCCCCCCCCCCC. The van der Waals surface area contributed by atoms with Gasteiger partial charge in [-0.3, -0.25) is 9.59 Å². The number of amides is 1. The first-order valence-electron chi connectivity index (χ1n) is 29.9. The van der Waals surface area contributed by atoms with E-state index in [9.17, 15) is 19.8 Å². The molecule has 0 aliphatic rings. The van der Waals surface area contributed by atoms with Crippen LogP contribution in [0.5, 0.6) is 0 Å². The summed E-state index contributed by atoms with van der Waals surface area (Å²) < 4.78 is 5.97. The number of unbranched alkanes of at least 4 members (excludes halogenated alkanes) is 41. The van der Waals surface area contributed by atoms with Crippen molar-refractivity contribution in [3.05, 3.63) is 12.2 Å². The molecule has 0 aliphatic carbocycles. The Morgan fingerprint density at radius 1 is 0.424 bits per heavy atom. The van der Waals surface area contributed by atoms with Crippen LogP contribution in [0.4, 0.5) is 0 Å². The Labute approximate surface area is 412 Å². The molecule has 0 aromatic heterocycles. The molecule has 6 nitrogen and oxygen atoms in total. The third kappa shape index (κ3) is 49.0. The largest absolute Gasteiger partial charge is 0.462 e. The van der Waals surface area contributed by atoms with E-state index < -0.39 is 18.2 Å². The molecule has 392 valence electrons. The van der Waals surface area contributed by atoms with Crippen molar-refractivity contribution in [2.45, 2.75) is 354 Å². The molecule has 6 heteroatoms. The lowest BCUT2D eigenvalue weighted by atomic mass is 10.0. The highest BCUT2D eigenvalue weighted by Crippen LogP contribution is 2.19. The monoisotopic (exact) mass is 932 g/mol. The molecule has 3 unspecified atom stereocenters. The van der Waals surface area contributed by atoms with Gasteiger partial charge in [-0.2, -0.15) is 0 Å². The lowest BCUT2D eigenvalue weighted by Crippen LogP contribution is -2.46. The van der Waals surface area contributed by atoms with Gasteiger partial charge in [-0.05, 0) is 51.4 Å². The highest BCUT2D eigenvalue weighted by atomic mass is 16.5. The van der Waals surface area contributed by atoms with Crippen molar-refractivity contribution < 1.29 is 24.5 Å². The Balaban J connectivity index is 4.52. The molecule has 0 radical (unpaired) electrons. The van der Waals surface area contributed by atoms with Crippen molar-refractivity contribution in [2.24, 2.45) is 0 Å². The Bertz CT molecular complexity index is 1000. The smallest absolute Gasteiger partial charge is 0.306 e. The van der Waals surface area contributed by atoms with Crippen LogP contribution in [0.1, 0.15) is 335 Å². The molecule has 0 rings (SSSR count). The lowest BCUT2D eigenvalue weighted by Gasteiger charge is -2.24. The van der Waals surface area contributed by atoms with Gasteiger partial charge in [0.1, 0.15) is 6.10 Å². The van der Waals surface area contributed by atoms with E-state index in [2.05, 4.69) is 38.2 Å². The summed E-state index contributed by atoms with van der Waals surface area (Å²) in [5.41, 5.74) is 0. The van der Waals surface area contributed by atoms with Crippen LogP contribution < -0.4 is 5.32 Å². The molecule has 0 heterocycles. The molecule has 0 aliphatic heterocycles. The Kier molecular flexibility index (Phi) is 53.4. The summed E-state index contributed by atoms with van der Waals surface area (Å²) in [5, 5.41) is 23.9. The molecule has 3 N–H and O–H groups in total. The number of aliphatic hydroxyl groups is 2. The average Bonchev–Trinajstić information content (AvgIpc) is 3.31. The van der Waals surface area contributed by atoms with Crippen molar-refractivity contribution >= 4 is 11.9 Å². The fourth-order valence-corrected chi connectivity index (χ4v) is 9.55. The minimum Gasteiger partial charge on any atom is -0.462 e. The summed E-state index contributed by atoms with van der Waals surface area (Å²) in [6, 6.07) is -0.701. The van der Waals surface area contributed by atoms with Crippen molar-refractivity contribution in [1.82, 2.24) is 5.32 Å². The van der Waals surface area contributed by atoms with Crippen LogP contribution in [0.25, 0.3) is 0 Å². The Morgan fingerprint density at radius 2 is 0.727 bits per heavy atom. The van der Waals surface area contributed by atoms with Gasteiger partial charge in [-0.15, -0.1) is 0 Å². The third-order valence-electron chi connectivity index (χ3n) is 14.1. The van der Waals surface area contributed by atoms with Gasteiger partial charge in [0.05, 0.1) is 25.2 Å². The lowest BCUT2D eigenvalue weighted by molar-refractivity contribution is -0.151. The van der Waals surface area contributed by atoms with Gasteiger partial charge in [0.25, 0.3) is 0 Å². The van der Waals surface area contributed by atoms with Gasteiger partial charge >= 0.3 is 5.97 Å². The van der Waals surface area contributed by atoms with Crippen LogP contribution in [-0.4, -0.2) is 46.9 Å². The molecule has 0 spiro atoms. The van der Waals surface area contributed by atoms with Crippen LogP contribution in [0, 0.1) is 0 Å². The number of aliphatic hydroxyl groups excluding tert-OH is 2. The number of carbonyl (C=O) groups excluding carboxylic acids is 2. The van der Waals surface area contributed by atoms with E-state index in [1.807, 2.05) is 0 Å². The average molecular weight is 933 g/mol. The number of hydrogen-bond acceptors (Lipinski definition) is 5. The Morgan fingerprint density at radius 3 is 1.09 bits per heavy atom. The van der Waals surface area contributed by atoms with Crippen LogP contribution in [0.2, 0.25) is 0 Å². The summed E-state index contributed by atoms with van der Waals surface area (Å²) in [6.07, 6.45) is 62.8. The van der Waals surface area contributed by atoms with Gasteiger partial charge < -0.3 is 20.3 Å². The van der Waals surface area contributed by atoms with Crippen molar-refractivity contribution in [2.75, 3.05) is 6.61 Å². The van der Waals surface area contributed by atoms with Crippen molar-refractivity contribution in [3.63, 3.8) is 0 Å². The molecule has 0 saturated heterocycles. The molecule has 0 saturated carbocycles. The first kappa shape index (κ1) is 64.6. The maximum absolute atomic E-state index is 13.3. The van der Waals surface area contributed by atoms with E-state index in [0.29, 0.717) is 19.3 Å². The van der Waals surface area contributed by atoms with Gasteiger partial charge in [-0.1, -0.05) is 283 Å². The van der Waals surface area contributed by atoms with E-state index in [1.54, 1.807) is 0 Å². The molecule has 0 aromatic carbocycles. The maximum Gasteiger partial charge on any atom is 0.306 e. The zero-order valence-electron chi connectivity index (χ0n) is 44.9. The van der Waals surface area contributed by atoms with Gasteiger partial charge in [0, 0.05) is 6.42 Å². The van der Waals surface area contributed by atoms with Crippen LogP contribution >= 0.6 is 0 Å². The fraction of sp³-hybridized carbons (Fsp3) is 0.933. The number of ether oxygens (including phenoxy) is 1. The predicted molar refractivity (Wildman–Crippen MR) is 287 cm³/mol. The molecule has 3 atom stereocenters. The quantitative estimate of drug-likeness (QED) is 0.0321. The highest BCUT2D eigenvalue weighted by molar-refractivity contribution is 5.77. The number of esters is 1. The first-order chi connectivity index (χ1) is 32.5. The number of rotatable bonds is 55. The normalized spacial score (nSPS) is 13.1. The van der Waals surface area contributed by atoms with Gasteiger partial charge in [0.2, 0.25) is 5.91 Å². The summed E-state index contributed by atoms with van der Waals surface area (Å²) in [6.45, 7) is 6.53. The molecular formula is C60H117NO5. The van der Waals surface area contributed by atoms with Gasteiger partial charge in [0.15, 0.2) is 0 Å². The maximum atomic E-state index is 13.3. The summed E-state index contributed by atoms with van der Waals surface area (Å²) in [4.78, 5) is 26.3. The summed E-state index contributed by atoms with van der Waals surface area (Å²) in [7, 11) is 0. The first-order valence-corrected chi connectivity index (χ1v) is 29.9. The molecule has 66 heavy (non-hydrogen) atoms. The second-order valence-corrected chi connectivity index (χ2v) is 20.8. The van der Waals surface area contributed by atoms with Crippen LogP contribution in [0.3, 0.4) is 0 Å². The third-order valence-corrected chi connectivity index (χ3v) is 14.1. The zero-order valence-corrected chi connectivity index (χ0v) is 44.9. The molecule has 0 aromatic rings. The van der Waals surface area contributed by atoms with E-state index in [0.717, 1.165) is 57.8 Å². The molecule has 0 bridgehead atoms. The second-order valence-electron chi connectivity index (χ2n) is 20.8. The summed E-state index contributed by atoms with van der Waals surface area (Å²) in [5.74, 6) is -0.464. The molecule has 0 fully saturated rings. The number of carbonyl (C=O) groups is 2. The minimum absolute atomic E-state index is 0.0749.